The molecule has 1 aromatic carbocycles. The van der Waals surface area contributed by atoms with Gasteiger partial charge in [0.1, 0.15) is 6.10 Å². The van der Waals surface area contributed by atoms with E-state index in [-0.39, 0.29) is 18.2 Å². The highest BCUT2D eigenvalue weighted by atomic mass is 32.2. The molecule has 0 amide bonds. The summed E-state index contributed by atoms with van der Waals surface area (Å²) in [6.07, 6.45) is 2.72. The topological polar surface area (TPSA) is 42.0 Å². The number of methoxy groups -OCH3 is 1. The van der Waals surface area contributed by atoms with Crippen LogP contribution < -0.4 is 0 Å². The fraction of sp³-hybridized carbons (Fsp3) is 0.696. The van der Waals surface area contributed by atoms with Crippen LogP contribution >= 0.6 is 11.8 Å². The Bertz CT molecular complexity index is 751. The van der Waals surface area contributed by atoms with Crippen LogP contribution in [0.25, 0.3) is 0 Å². The largest absolute Gasteiger partial charge is 0.462 e. The quantitative estimate of drug-likeness (QED) is 0.687. The van der Waals surface area contributed by atoms with Crippen LogP contribution in [0.4, 0.5) is 0 Å². The van der Waals surface area contributed by atoms with Crippen LogP contribution in [0.3, 0.4) is 0 Å². The summed E-state index contributed by atoms with van der Waals surface area (Å²) in [5.41, 5.74) is 2.94. The number of hydrogen-bond donors (Lipinski definition) is 0. The number of esters is 1. The lowest BCUT2D eigenvalue weighted by molar-refractivity contribution is -0.160. The van der Waals surface area contributed by atoms with Crippen LogP contribution in [0.5, 0.6) is 0 Å². The fourth-order valence-electron chi connectivity index (χ4n) is 5.89. The van der Waals surface area contributed by atoms with Crippen molar-refractivity contribution < 1.29 is 14.3 Å². The molecule has 0 radical (unpaired) electrons. The van der Waals surface area contributed by atoms with Gasteiger partial charge in [-0.25, -0.2) is 0 Å². The molecule has 2 unspecified atom stereocenters. The number of rotatable bonds is 5. The number of ether oxygens (including phenoxy) is 2. The molecule has 2 bridgehead atoms. The summed E-state index contributed by atoms with van der Waals surface area (Å²) < 4.78 is 12.0. The van der Waals surface area contributed by atoms with Crippen molar-refractivity contribution in [2.45, 2.75) is 42.0 Å². The van der Waals surface area contributed by atoms with E-state index >= 15 is 0 Å². The first-order valence-corrected chi connectivity index (χ1v) is 12.0. The predicted octanol–water partition coefficient (Wildman–Crippen LogP) is 3.12. The lowest BCUT2D eigenvalue weighted by Crippen LogP contribution is -2.46. The maximum absolute atomic E-state index is 12.7. The molecule has 4 aliphatic rings. The van der Waals surface area contributed by atoms with Gasteiger partial charge in [0.25, 0.3) is 0 Å². The number of fused-ring (bicyclic) bond motifs is 8. The first kappa shape index (κ1) is 19.9. The van der Waals surface area contributed by atoms with Crippen LogP contribution in [0, 0.1) is 11.8 Å². The summed E-state index contributed by atoms with van der Waals surface area (Å²) in [5.74, 6) is 0.810. The van der Waals surface area contributed by atoms with Crippen molar-refractivity contribution in [3.05, 3.63) is 35.4 Å². The van der Waals surface area contributed by atoms with Gasteiger partial charge in [0.15, 0.2) is 0 Å². The Morgan fingerprint density at radius 3 is 2.31 bits per heavy atom. The molecule has 3 fully saturated rings. The molecule has 0 spiro atoms. The minimum absolute atomic E-state index is 0.0235. The third kappa shape index (κ3) is 3.62. The Morgan fingerprint density at radius 1 is 1.03 bits per heavy atom. The lowest BCUT2D eigenvalue weighted by Gasteiger charge is -2.44. The van der Waals surface area contributed by atoms with Gasteiger partial charge in [-0.05, 0) is 31.0 Å². The average molecular weight is 417 g/mol. The van der Waals surface area contributed by atoms with Gasteiger partial charge in [0, 0.05) is 62.2 Å². The van der Waals surface area contributed by atoms with E-state index in [9.17, 15) is 4.79 Å². The number of likely N-dealkylation sites (N-methyl/N-ethyl adjacent to an activating group) is 1. The maximum Gasteiger partial charge on any atom is 0.307 e. The molecule has 1 aromatic rings. The first-order chi connectivity index (χ1) is 14.2. The summed E-state index contributed by atoms with van der Waals surface area (Å²) in [6, 6.07) is 8.84. The number of carbonyl (C=O) groups is 1. The molecule has 1 aliphatic carbocycles. The highest BCUT2D eigenvalue weighted by Crippen LogP contribution is 2.70. The maximum atomic E-state index is 12.7. The van der Waals surface area contributed by atoms with Crippen LogP contribution in [0.2, 0.25) is 0 Å². The van der Waals surface area contributed by atoms with Crippen molar-refractivity contribution in [1.82, 2.24) is 9.80 Å². The molecule has 0 N–H and O–H groups in total. The molecule has 6 heteroatoms. The lowest BCUT2D eigenvalue weighted by atomic mass is 9.66. The van der Waals surface area contributed by atoms with Crippen molar-refractivity contribution in [2.24, 2.45) is 11.8 Å². The number of thioether (sulfide) groups is 1. The van der Waals surface area contributed by atoms with E-state index in [1.54, 1.807) is 0 Å². The van der Waals surface area contributed by atoms with Gasteiger partial charge in [-0.2, -0.15) is 0 Å². The van der Waals surface area contributed by atoms with Gasteiger partial charge >= 0.3 is 5.97 Å². The zero-order chi connectivity index (χ0) is 20.0. The molecular weight excluding hydrogens is 384 g/mol. The monoisotopic (exact) mass is 416 g/mol. The third-order valence-electron chi connectivity index (χ3n) is 7.45. The van der Waals surface area contributed by atoms with Crippen LogP contribution in [0.15, 0.2) is 24.3 Å². The van der Waals surface area contributed by atoms with Crippen molar-refractivity contribution >= 4 is 17.7 Å². The second kappa shape index (κ2) is 8.22. The molecule has 158 valence electrons. The second-order valence-corrected chi connectivity index (χ2v) is 10.3. The highest BCUT2D eigenvalue weighted by Gasteiger charge is 2.59. The number of hydrogen-bond acceptors (Lipinski definition) is 6. The summed E-state index contributed by atoms with van der Waals surface area (Å²) in [7, 11) is 4.00. The van der Waals surface area contributed by atoms with E-state index in [0.29, 0.717) is 28.8 Å². The second-order valence-electron chi connectivity index (χ2n) is 9.04. The smallest absolute Gasteiger partial charge is 0.307 e. The minimum Gasteiger partial charge on any atom is -0.462 e. The molecule has 3 aliphatic heterocycles. The Labute approximate surface area is 178 Å². The van der Waals surface area contributed by atoms with Gasteiger partial charge in [0.2, 0.25) is 0 Å². The van der Waals surface area contributed by atoms with Gasteiger partial charge in [0.05, 0.1) is 12.5 Å². The SMILES string of the molecule is CO[C@H]1CC[C@@H](OC(=O)CCN2CCN(C)CC2)C2C1[C@H]1S[C@@H]2c2ccccc21. The Hall–Kier alpha value is -1.08. The molecule has 5 rings (SSSR count). The summed E-state index contributed by atoms with van der Waals surface area (Å²) in [6.45, 7) is 5.08. The molecule has 0 aromatic heterocycles. The molecule has 29 heavy (non-hydrogen) atoms. The zero-order valence-corrected chi connectivity index (χ0v) is 18.3. The fourth-order valence-corrected chi connectivity index (χ4v) is 8.01. The van der Waals surface area contributed by atoms with Crippen LogP contribution in [0.1, 0.15) is 40.9 Å². The van der Waals surface area contributed by atoms with Gasteiger partial charge < -0.3 is 19.3 Å². The standard InChI is InChI=1S/C23H32N2O3S/c1-24-11-13-25(14-12-24)10-9-19(26)28-18-8-7-17(27-2)20-21(18)23-16-6-4-3-5-15(16)22(20)29-23/h3-6,17-18,20-23H,7-14H2,1-2H3/t17-,18+,20?,21?,22-,23+/m0/s1. The molecule has 5 nitrogen and oxygen atoms in total. The first-order valence-electron chi connectivity index (χ1n) is 11.0. The average Bonchev–Trinajstić information content (AvgIpc) is 3.32. The molecule has 1 saturated carbocycles. The van der Waals surface area contributed by atoms with E-state index in [1.165, 1.54) is 11.1 Å². The van der Waals surface area contributed by atoms with Gasteiger partial charge in [-0.1, -0.05) is 24.3 Å². The van der Waals surface area contributed by atoms with Crippen molar-refractivity contribution in [2.75, 3.05) is 46.9 Å². The third-order valence-corrected chi connectivity index (χ3v) is 9.18. The number of nitrogens with zero attached hydrogens (tertiary/aromatic N) is 2. The van der Waals surface area contributed by atoms with E-state index in [1.807, 2.05) is 7.11 Å². The summed E-state index contributed by atoms with van der Waals surface area (Å²) >= 11 is 2.07. The van der Waals surface area contributed by atoms with Crippen molar-refractivity contribution in [3.8, 4) is 0 Å². The molecule has 3 heterocycles. The number of carbonyl (C=O) groups excluding carboxylic acids is 1. The Balaban J connectivity index is 1.25. The summed E-state index contributed by atoms with van der Waals surface area (Å²) in [4.78, 5) is 17.4. The minimum atomic E-state index is -0.0235. The number of piperazine rings is 1. The Kier molecular flexibility index (Phi) is 5.63. The van der Waals surface area contributed by atoms with Crippen molar-refractivity contribution in [1.29, 1.82) is 0 Å². The van der Waals surface area contributed by atoms with Crippen molar-refractivity contribution in [3.63, 3.8) is 0 Å². The highest BCUT2D eigenvalue weighted by molar-refractivity contribution is 8.00. The van der Waals surface area contributed by atoms with Gasteiger partial charge in [-0.3, -0.25) is 4.79 Å². The van der Waals surface area contributed by atoms with Gasteiger partial charge in [-0.15, -0.1) is 11.8 Å². The zero-order valence-electron chi connectivity index (χ0n) is 17.5. The molecule has 2 saturated heterocycles. The van der Waals surface area contributed by atoms with E-state index in [4.69, 9.17) is 9.47 Å². The normalized spacial score (nSPS) is 36.6. The Morgan fingerprint density at radius 2 is 1.66 bits per heavy atom. The predicted molar refractivity (Wildman–Crippen MR) is 115 cm³/mol. The van der Waals surface area contributed by atoms with Crippen LogP contribution in [-0.2, 0) is 14.3 Å². The number of benzene rings is 1. The molecule has 6 atom stereocenters. The molecular formula is C23H32N2O3S. The summed E-state index contributed by atoms with van der Waals surface area (Å²) in [5, 5.41) is 0.924. The van der Waals surface area contributed by atoms with E-state index in [2.05, 4.69) is 52.9 Å². The van der Waals surface area contributed by atoms with E-state index in [0.717, 1.165) is 45.6 Å². The van der Waals surface area contributed by atoms with Crippen LogP contribution in [-0.4, -0.2) is 74.9 Å². The van der Waals surface area contributed by atoms with E-state index < -0.39 is 0 Å².